The van der Waals surface area contributed by atoms with Crippen LogP contribution in [-0.4, -0.2) is 31.9 Å². The minimum atomic E-state index is -1.39. The highest BCUT2D eigenvalue weighted by Crippen LogP contribution is 2.75. The minimum absolute atomic E-state index is 0.0177. The number of ketones is 1. The number of carbonyl (C=O) groups excluding carboxylic acids is 3. The molecule has 5 nitrogen and oxygen atoms in total. The predicted molar refractivity (Wildman–Crippen MR) is 90.7 cm³/mol. The molecule has 132 valence electrons. The maximum absolute atomic E-state index is 13.3. The number of ether oxygens (including phenoxy) is 2. The van der Waals surface area contributed by atoms with Crippen molar-refractivity contribution in [3.8, 4) is 0 Å². The summed E-state index contributed by atoms with van der Waals surface area (Å²) in [5, 5.41) is 0. The molecular weight excluding hydrogens is 320 g/mol. The van der Waals surface area contributed by atoms with Crippen LogP contribution in [0.25, 0.3) is 0 Å². The molecule has 0 radical (unpaired) electrons. The van der Waals surface area contributed by atoms with E-state index >= 15 is 0 Å². The van der Waals surface area contributed by atoms with E-state index in [4.69, 9.17) is 9.47 Å². The number of benzene rings is 1. The molecule has 2 aliphatic rings. The van der Waals surface area contributed by atoms with E-state index in [0.29, 0.717) is 5.56 Å². The fourth-order valence-electron chi connectivity index (χ4n) is 4.61. The molecule has 0 heterocycles. The fraction of sp³-hybridized carbons (Fsp3) is 0.450. The minimum Gasteiger partial charge on any atom is -0.468 e. The second-order valence-electron chi connectivity index (χ2n) is 6.84. The van der Waals surface area contributed by atoms with Crippen molar-refractivity contribution in [2.75, 3.05) is 14.2 Å². The molecule has 1 aromatic rings. The summed E-state index contributed by atoms with van der Waals surface area (Å²) in [6.07, 6.45) is 4.33. The van der Waals surface area contributed by atoms with Crippen molar-refractivity contribution in [2.24, 2.45) is 22.7 Å². The van der Waals surface area contributed by atoms with Gasteiger partial charge in [-0.05, 0) is 31.6 Å². The quantitative estimate of drug-likeness (QED) is 0.356. The van der Waals surface area contributed by atoms with Crippen LogP contribution in [0, 0.1) is 22.7 Å². The van der Waals surface area contributed by atoms with Gasteiger partial charge in [0.1, 0.15) is 0 Å². The molecule has 0 saturated heterocycles. The van der Waals surface area contributed by atoms with E-state index in [1.165, 1.54) is 14.2 Å². The third-order valence-electron chi connectivity index (χ3n) is 5.75. The Morgan fingerprint density at radius 2 is 1.68 bits per heavy atom. The number of rotatable bonds is 5. The molecule has 0 unspecified atom stereocenters. The Morgan fingerprint density at radius 1 is 1.08 bits per heavy atom. The first-order chi connectivity index (χ1) is 12.0. The average molecular weight is 342 g/mol. The standard InChI is InChI=1S/C20H22O5/c1-4-8-14-15-11-19(17(22)24-2,18(23)25-3)12-20(14,15)16(21)13-9-6-5-7-10-13/h4-10,14-15H,11-12H2,1-3H3/b8-4+/t14-,15-,20-/m1/s1. The van der Waals surface area contributed by atoms with E-state index in [1.54, 1.807) is 12.1 Å². The van der Waals surface area contributed by atoms with Crippen molar-refractivity contribution in [3.63, 3.8) is 0 Å². The van der Waals surface area contributed by atoms with Crippen LogP contribution in [0.4, 0.5) is 0 Å². The highest BCUT2D eigenvalue weighted by Gasteiger charge is 2.78. The Bertz CT molecular complexity index is 720. The van der Waals surface area contributed by atoms with Gasteiger partial charge in [0.25, 0.3) is 0 Å². The van der Waals surface area contributed by atoms with Crippen LogP contribution >= 0.6 is 0 Å². The third-order valence-corrected chi connectivity index (χ3v) is 5.75. The molecule has 3 rings (SSSR count). The second-order valence-corrected chi connectivity index (χ2v) is 6.84. The number of methoxy groups -OCH3 is 2. The lowest BCUT2D eigenvalue weighted by Gasteiger charge is -2.27. The Hall–Kier alpha value is -2.43. The summed E-state index contributed by atoms with van der Waals surface area (Å²) in [7, 11) is 2.51. The number of Topliss-reactive ketones (excluding diaryl/α,β-unsaturated/α-hetero) is 1. The molecule has 0 N–H and O–H groups in total. The number of allylic oxidation sites excluding steroid dienone is 2. The molecule has 0 bridgehead atoms. The van der Waals surface area contributed by atoms with E-state index < -0.39 is 22.8 Å². The zero-order valence-corrected chi connectivity index (χ0v) is 14.7. The lowest BCUT2D eigenvalue weighted by Crippen LogP contribution is -2.42. The Balaban J connectivity index is 2.02. The lowest BCUT2D eigenvalue weighted by molar-refractivity contribution is -0.169. The van der Waals surface area contributed by atoms with Crippen molar-refractivity contribution in [1.29, 1.82) is 0 Å². The van der Waals surface area contributed by atoms with Crippen LogP contribution in [0.1, 0.15) is 30.1 Å². The normalized spacial score (nSPS) is 29.1. The van der Waals surface area contributed by atoms with Crippen molar-refractivity contribution in [2.45, 2.75) is 19.8 Å². The number of fused-ring (bicyclic) bond motifs is 1. The van der Waals surface area contributed by atoms with Gasteiger partial charge < -0.3 is 9.47 Å². The summed E-state index contributed by atoms with van der Waals surface area (Å²) in [6.45, 7) is 1.91. The molecule has 0 amide bonds. The molecule has 25 heavy (non-hydrogen) atoms. The number of hydrogen-bond acceptors (Lipinski definition) is 5. The first-order valence-corrected chi connectivity index (χ1v) is 8.37. The molecule has 3 atom stereocenters. The zero-order valence-electron chi connectivity index (χ0n) is 14.7. The lowest BCUT2D eigenvalue weighted by atomic mass is 9.76. The first kappa shape index (κ1) is 17.4. The molecule has 1 aromatic carbocycles. The topological polar surface area (TPSA) is 69.7 Å². The zero-order chi connectivity index (χ0) is 18.2. The Morgan fingerprint density at radius 3 is 2.20 bits per heavy atom. The molecule has 0 spiro atoms. The van der Waals surface area contributed by atoms with E-state index in [0.717, 1.165) is 0 Å². The summed E-state index contributed by atoms with van der Waals surface area (Å²) in [6, 6.07) is 9.03. The second kappa shape index (κ2) is 6.14. The largest absolute Gasteiger partial charge is 0.468 e. The van der Waals surface area contributed by atoms with Gasteiger partial charge in [0.2, 0.25) is 0 Å². The highest BCUT2D eigenvalue weighted by atomic mass is 16.5. The molecule has 0 aromatic heterocycles. The van der Waals surface area contributed by atoms with Gasteiger partial charge in [-0.2, -0.15) is 0 Å². The van der Waals surface area contributed by atoms with Crippen LogP contribution in [0.15, 0.2) is 42.5 Å². The van der Waals surface area contributed by atoms with Crippen molar-refractivity contribution in [3.05, 3.63) is 48.0 Å². The molecule has 2 fully saturated rings. The average Bonchev–Trinajstić information content (AvgIpc) is 3.07. The van der Waals surface area contributed by atoms with Crippen molar-refractivity contribution in [1.82, 2.24) is 0 Å². The van der Waals surface area contributed by atoms with E-state index in [-0.39, 0.29) is 30.5 Å². The summed E-state index contributed by atoms with van der Waals surface area (Å²) >= 11 is 0. The van der Waals surface area contributed by atoms with Crippen LogP contribution < -0.4 is 0 Å². The van der Waals surface area contributed by atoms with Gasteiger partial charge in [-0.25, -0.2) is 0 Å². The molecule has 2 saturated carbocycles. The molecule has 0 aliphatic heterocycles. The smallest absolute Gasteiger partial charge is 0.323 e. The van der Waals surface area contributed by atoms with Gasteiger partial charge >= 0.3 is 11.9 Å². The fourth-order valence-corrected chi connectivity index (χ4v) is 4.61. The van der Waals surface area contributed by atoms with Crippen molar-refractivity contribution >= 4 is 17.7 Å². The van der Waals surface area contributed by atoms with E-state index in [1.807, 2.05) is 37.3 Å². The maximum Gasteiger partial charge on any atom is 0.323 e. The van der Waals surface area contributed by atoms with Crippen molar-refractivity contribution < 1.29 is 23.9 Å². The van der Waals surface area contributed by atoms with Crippen LogP contribution in [0.5, 0.6) is 0 Å². The summed E-state index contributed by atoms with van der Waals surface area (Å²) in [5.74, 6) is -1.28. The van der Waals surface area contributed by atoms with E-state index in [9.17, 15) is 14.4 Å². The van der Waals surface area contributed by atoms with Gasteiger partial charge in [-0.3, -0.25) is 14.4 Å². The summed E-state index contributed by atoms with van der Waals surface area (Å²) in [5.41, 5.74) is -1.53. The van der Waals surface area contributed by atoms with Gasteiger partial charge in [0.15, 0.2) is 11.2 Å². The van der Waals surface area contributed by atoms with Gasteiger partial charge in [-0.1, -0.05) is 42.5 Å². The van der Waals surface area contributed by atoms with E-state index in [2.05, 4.69) is 0 Å². The molecule has 2 aliphatic carbocycles. The van der Waals surface area contributed by atoms with Crippen LogP contribution in [0.3, 0.4) is 0 Å². The Labute approximate surface area is 147 Å². The molecular formula is C20H22O5. The van der Waals surface area contributed by atoms with Gasteiger partial charge in [-0.15, -0.1) is 0 Å². The maximum atomic E-state index is 13.3. The van der Waals surface area contributed by atoms with Crippen LogP contribution in [-0.2, 0) is 19.1 Å². The number of carbonyl (C=O) groups is 3. The van der Waals surface area contributed by atoms with Gasteiger partial charge in [0.05, 0.1) is 14.2 Å². The van der Waals surface area contributed by atoms with Gasteiger partial charge in [0, 0.05) is 11.0 Å². The summed E-state index contributed by atoms with van der Waals surface area (Å²) < 4.78 is 9.77. The van der Waals surface area contributed by atoms with Crippen LogP contribution in [0.2, 0.25) is 0 Å². The number of hydrogen-bond donors (Lipinski definition) is 0. The molecule has 5 heteroatoms. The first-order valence-electron chi connectivity index (χ1n) is 8.37. The number of esters is 2. The third kappa shape index (κ3) is 2.33. The highest BCUT2D eigenvalue weighted by molar-refractivity contribution is 6.08. The Kier molecular flexibility index (Phi) is 4.27. The summed E-state index contributed by atoms with van der Waals surface area (Å²) in [4.78, 5) is 38.1. The monoisotopic (exact) mass is 342 g/mol. The SMILES string of the molecule is C/C=C/[C@@H]1[C@H]2CC(C(=O)OC)(C(=O)OC)C[C@@]12C(=O)c1ccccc1. The predicted octanol–water partition coefficient (Wildman–Crippen LogP) is 2.80.